The highest BCUT2D eigenvalue weighted by Gasteiger charge is 1.96. The van der Waals surface area contributed by atoms with Crippen LogP contribution in [0.1, 0.15) is 232 Å². The van der Waals surface area contributed by atoms with Gasteiger partial charge in [-0.2, -0.15) is 0 Å². The summed E-state index contributed by atoms with van der Waals surface area (Å²) in [4.78, 5) is 2.24. The minimum absolute atomic E-state index is 1.23. The van der Waals surface area contributed by atoms with Gasteiger partial charge in [-0.15, -0.1) is 0 Å². The molecular weight excluding hydrogens is 506 g/mol. The van der Waals surface area contributed by atoms with E-state index in [2.05, 4.69) is 50.3 Å². The van der Waals surface area contributed by atoms with Crippen LogP contribution in [0.25, 0.3) is 0 Å². The zero-order valence-electron chi connectivity index (χ0n) is 29.8. The first kappa shape index (κ1) is 41.3. The van der Waals surface area contributed by atoms with E-state index >= 15 is 0 Å². The van der Waals surface area contributed by atoms with Crippen LogP contribution in [0.4, 0.5) is 0 Å². The van der Waals surface area contributed by atoms with E-state index in [1.807, 2.05) is 0 Å². The summed E-state index contributed by atoms with van der Waals surface area (Å²) < 4.78 is 0. The van der Waals surface area contributed by atoms with E-state index in [9.17, 15) is 0 Å². The molecule has 0 aliphatic carbocycles. The van der Waals surface area contributed by atoms with Gasteiger partial charge in [0.05, 0.1) is 0 Å². The van der Waals surface area contributed by atoms with Crippen LogP contribution in [0, 0.1) is 0 Å². The Balaban J connectivity index is 3.26. The maximum Gasteiger partial charge on any atom is 0.0106 e. The number of rotatable bonds is 36. The van der Waals surface area contributed by atoms with Crippen molar-refractivity contribution in [3.8, 4) is 0 Å². The third kappa shape index (κ3) is 37.3. The van der Waals surface area contributed by atoms with Gasteiger partial charge < -0.3 is 4.90 Å². The molecule has 0 fully saturated rings. The summed E-state index contributed by atoms with van der Waals surface area (Å²) in [6, 6.07) is 0. The second-order valence-corrected chi connectivity index (χ2v) is 13.6. The Morgan fingerprint density at radius 1 is 0.286 bits per heavy atom. The van der Waals surface area contributed by atoms with E-state index in [1.165, 1.54) is 218 Å². The highest BCUT2D eigenvalue weighted by atomic mass is 15.0. The SMILES string of the molecule is CCCCCCCCCCCCCCCCCCC=CN(C)C=CCCCCCCCCCCCCCCCCCC. The van der Waals surface area contributed by atoms with E-state index in [-0.39, 0.29) is 0 Å². The molecule has 0 N–H and O–H groups in total. The Morgan fingerprint density at radius 2 is 0.476 bits per heavy atom. The molecule has 1 heteroatoms. The van der Waals surface area contributed by atoms with Crippen LogP contribution in [-0.4, -0.2) is 11.9 Å². The van der Waals surface area contributed by atoms with Crippen LogP contribution in [0.5, 0.6) is 0 Å². The van der Waals surface area contributed by atoms with Crippen LogP contribution in [0.15, 0.2) is 24.6 Å². The lowest BCUT2D eigenvalue weighted by atomic mass is 10.0. The van der Waals surface area contributed by atoms with E-state index in [0.29, 0.717) is 0 Å². The molecule has 1 nitrogen and oxygen atoms in total. The number of allylic oxidation sites excluding steroid dienone is 2. The molecule has 0 aromatic rings. The molecule has 0 rings (SSSR count). The molecule has 0 saturated carbocycles. The van der Waals surface area contributed by atoms with Crippen molar-refractivity contribution >= 4 is 0 Å². The van der Waals surface area contributed by atoms with Crippen molar-refractivity contribution in [2.24, 2.45) is 0 Å². The molecule has 0 aliphatic rings. The second-order valence-electron chi connectivity index (χ2n) is 13.6. The fourth-order valence-corrected chi connectivity index (χ4v) is 6.15. The summed E-state index contributed by atoms with van der Waals surface area (Å²) in [6.07, 6.45) is 58.0. The zero-order chi connectivity index (χ0) is 30.4. The monoisotopic (exact) mass is 588 g/mol. The molecule has 0 radical (unpaired) electrons. The minimum atomic E-state index is 1.23. The summed E-state index contributed by atoms with van der Waals surface area (Å²) in [5.41, 5.74) is 0. The molecule has 0 spiro atoms. The Morgan fingerprint density at radius 3 is 0.690 bits per heavy atom. The second kappa shape index (κ2) is 38.3. The topological polar surface area (TPSA) is 3.24 Å². The fourth-order valence-electron chi connectivity index (χ4n) is 6.15. The first-order valence-electron chi connectivity index (χ1n) is 19.9. The Labute approximate surface area is 268 Å². The van der Waals surface area contributed by atoms with Crippen molar-refractivity contribution in [3.05, 3.63) is 24.6 Å². The number of nitrogens with zero attached hydrogens (tertiary/aromatic N) is 1. The molecule has 0 unspecified atom stereocenters. The van der Waals surface area contributed by atoms with E-state index in [1.54, 1.807) is 0 Å². The lowest BCUT2D eigenvalue weighted by molar-refractivity contribution is 0.529. The molecule has 0 amide bonds. The van der Waals surface area contributed by atoms with Gasteiger partial charge >= 0.3 is 0 Å². The van der Waals surface area contributed by atoms with Gasteiger partial charge in [0.2, 0.25) is 0 Å². The lowest BCUT2D eigenvalue weighted by Crippen LogP contribution is -1.99. The summed E-state index contributed by atoms with van der Waals surface area (Å²) in [5.74, 6) is 0. The Bertz CT molecular complexity index is 475. The molecule has 0 bridgehead atoms. The van der Waals surface area contributed by atoms with Crippen molar-refractivity contribution in [2.75, 3.05) is 7.05 Å². The van der Waals surface area contributed by atoms with E-state index in [0.717, 1.165) is 0 Å². The van der Waals surface area contributed by atoms with Gasteiger partial charge in [-0.05, 0) is 38.1 Å². The third-order valence-electron chi connectivity index (χ3n) is 9.13. The first-order chi connectivity index (χ1) is 20.8. The van der Waals surface area contributed by atoms with Crippen molar-refractivity contribution in [2.45, 2.75) is 232 Å². The number of hydrogen-bond donors (Lipinski definition) is 0. The van der Waals surface area contributed by atoms with Gasteiger partial charge in [-0.1, -0.05) is 219 Å². The van der Waals surface area contributed by atoms with Crippen LogP contribution in [-0.2, 0) is 0 Å². The van der Waals surface area contributed by atoms with Gasteiger partial charge in [0.1, 0.15) is 0 Å². The number of hydrogen-bond acceptors (Lipinski definition) is 1. The lowest BCUT2D eigenvalue weighted by Gasteiger charge is -2.07. The van der Waals surface area contributed by atoms with Gasteiger partial charge in [-0.3, -0.25) is 0 Å². The molecular formula is C41H81N. The quantitative estimate of drug-likeness (QED) is 0.0659. The molecule has 0 heterocycles. The summed E-state index contributed by atoms with van der Waals surface area (Å²) in [5, 5.41) is 0. The Hall–Kier alpha value is -0.720. The highest BCUT2D eigenvalue weighted by molar-refractivity contribution is 4.90. The Kier molecular flexibility index (Phi) is 37.6. The van der Waals surface area contributed by atoms with Gasteiger partial charge in [0.25, 0.3) is 0 Å². The van der Waals surface area contributed by atoms with Crippen molar-refractivity contribution in [1.82, 2.24) is 4.90 Å². The molecule has 0 saturated heterocycles. The van der Waals surface area contributed by atoms with Crippen LogP contribution in [0.2, 0.25) is 0 Å². The summed E-state index contributed by atoms with van der Waals surface area (Å²) in [7, 11) is 2.17. The van der Waals surface area contributed by atoms with Gasteiger partial charge in [-0.25, -0.2) is 0 Å². The summed E-state index contributed by atoms with van der Waals surface area (Å²) in [6.45, 7) is 4.61. The molecule has 0 atom stereocenters. The molecule has 0 aromatic heterocycles. The molecule has 0 aromatic carbocycles. The average molecular weight is 588 g/mol. The normalized spacial score (nSPS) is 11.9. The predicted molar refractivity (Wildman–Crippen MR) is 194 cm³/mol. The maximum absolute atomic E-state index is 2.36. The molecule has 42 heavy (non-hydrogen) atoms. The van der Waals surface area contributed by atoms with Crippen molar-refractivity contribution in [1.29, 1.82) is 0 Å². The van der Waals surface area contributed by atoms with Crippen molar-refractivity contribution < 1.29 is 0 Å². The zero-order valence-corrected chi connectivity index (χ0v) is 29.8. The van der Waals surface area contributed by atoms with Gasteiger partial charge in [0.15, 0.2) is 0 Å². The van der Waals surface area contributed by atoms with Crippen LogP contribution < -0.4 is 0 Å². The predicted octanol–water partition coefficient (Wildman–Crippen LogP) is 15.2. The first-order valence-corrected chi connectivity index (χ1v) is 19.9. The summed E-state index contributed by atoms with van der Waals surface area (Å²) >= 11 is 0. The number of unbranched alkanes of at least 4 members (excludes halogenated alkanes) is 32. The van der Waals surface area contributed by atoms with Crippen LogP contribution >= 0.6 is 0 Å². The van der Waals surface area contributed by atoms with E-state index < -0.39 is 0 Å². The fraction of sp³-hybridized carbons (Fsp3) is 0.902. The molecule has 250 valence electrons. The van der Waals surface area contributed by atoms with E-state index in [4.69, 9.17) is 0 Å². The minimum Gasteiger partial charge on any atom is -0.358 e. The smallest absolute Gasteiger partial charge is 0.0106 e. The molecule has 0 aliphatic heterocycles. The maximum atomic E-state index is 2.36. The van der Waals surface area contributed by atoms with Crippen LogP contribution in [0.3, 0.4) is 0 Å². The van der Waals surface area contributed by atoms with Gasteiger partial charge in [0, 0.05) is 7.05 Å². The average Bonchev–Trinajstić information content (AvgIpc) is 3.00. The van der Waals surface area contributed by atoms with Crippen molar-refractivity contribution in [3.63, 3.8) is 0 Å². The standard InChI is InChI=1S/C41H81N/c1-4-6-8-10-12-14-16-18-20-22-24-26-28-30-32-34-36-38-40-42(3)41-39-37-35-33-31-29-27-25-23-21-19-17-15-13-11-9-7-5-2/h38-41H,4-37H2,1-3H3. The highest BCUT2D eigenvalue weighted by Crippen LogP contribution is 2.15. The largest absolute Gasteiger partial charge is 0.358 e. The third-order valence-corrected chi connectivity index (χ3v) is 9.13.